The molecule has 120 valence electrons. The first kappa shape index (κ1) is 17.8. The van der Waals surface area contributed by atoms with Gasteiger partial charge in [0.2, 0.25) is 10.0 Å². The molecule has 1 aromatic rings. The van der Waals surface area contributed by atoms with E-state index in [9.17, 15) is 21.6 Å². The van der Waals surface area contributed by atoms with Crippen molar-refractivity contribution < 1.29 is 26.3 Å². The standard InChI is InChI=1S/C13H18F3NO3S/c1-9(11-7-5-6-8-12(11)20-4)17(3)21(18,19)10(2)13(14,15)16/h5-10H,1-4H3/t9-,10+/m0/s1. The Morgan fingerprint density at radius 2 is 1.71 bits per heavy atom. The van der Waals surface area contributed by atoms with E-state index in [1.807, 2.05) is 0 Å². The van der Waals surface area contributed by atoms with Crippen molar-refractivity contribution in [3.05, 3.63) is 29.8 Å². The van der Waals surface area contributed by atoms with E-state index in [4.69, 9.17) is 4.74 Å². The Morgan fingerprint density at radius 1 is 1.19 bits per heavy atom. The van der Waals surface area contributed by atoms with Crippen LogP contribution in [0.1, 0.15) is 25.5 Å². The highest BCUT2D eigenvalue weighted by molar-refractivity contribution is 7.89. The highest BCUT2D eigenvalue weighted by Gasteiger charge is 2.47. The van der Waals surface area contributed by atoms with Crippen LogP contribution in [0.4, 0.5) is 13.2 Å². The van der Waals surface area contributed by atoms with Gasteiger partial charge >= 0.3 is 6.18 Å². The molecule has 0 radical (unpaired) electrons. The molecule has 2 atom stereocenters. The maximum absolute atomic E-state index is 12.7. The summed E-state index contributed by atoms with van der Waals surface area (Å²) in [6, 6.07) is 5.83. The monoisotopic (exact) mass is 325 g/mol. The highest BCUT2D eigenvalue weighted by atomic mass is 32.2. The van der Waals surface area contributed by atoms with Gasteiger partial charge < -0.3 is 4.74 Å². The average molecular weight is 325 g/mol. The number of hydrogen-bond donors (Lipinski definition) is 0. The first-order valence-corrected chi connectivity index (χ1v) is 7.70. The van der Waals surface area contributed by atoms with E-state index < -0.39 is 27.5 Å². The Balaban J connectivity index is 3.16. The van der Waals surface area contributed by atoms with Crippen LogP contribution in [0.2, 0.25) is 0 Å². The summed E-state index contributed by atoms with van der Waals surface area (Å²) < 4.78 is 68.0. The maximum atomic E-state index is 12.7. The molecule has 8 heteroatoms. The molecule has 4 nitrogen and oxygen atoms in total. The number of rotatable bonds is 5. The van der Waals surface area contributed by atoms with Crippen molar-refractivity contribution in [1.29, 1.82) is 0 Å². The third-order valence-corrected chi connectivity index (χ3v) is 5.72. The number of halogens is 3. The van der Waals surface area contributed by atoms with Gasteiger partial charge in [-0.1, -0.05) is 18.2 Å². The molecule has 0 amide bonds. The van der Waals surface area contributed by atoms with Crippen LogP contribution in [0.25, 0.3) is 0 Å². The predicted octanol–water partition coefficient (Wildman–Crippen LogP) is 2.97. The average Bonchev–Trinajstić information content (AvgIpc) is 2.43. The van der Waals surface area contributed by atoms with E-state index in [0.717, 1.165) is 11.4 Å². The van der Waals surface area contributed by atoms with Crippen LogP contribution >= 0.6 is 0 Å². The molecule has 0 aromatic heterocycles. The van der Waals surface area contributed by atoms with Gasteiger partial charge in [-0.3, -0.25) is 0 Å². The number of alkyl halides is 3. The zero-order valence-electron chi connectivity index (χ0n) is 12.2. The minimum Gasteiger partial charge on any atom is -0.496 e. The SMILES string of the molecule is COc1ccccc1[C@H](C)N(C)S(=O)(=O)[C@H](C)C(F)(F)F. The van der Waals surface area contributed by atoms with Crippen molar-refractivity contribution in [3.8, 4) is 5.75 Å². The van der Waals surface area contributed by atoms with Crippen LogP contribution < -0.4 is 4.74 Å². The van der Waals surface area contributed by atoms with Crippen molar-refractivity contribution in [1.82, 2.24) is 4.31 Å². The minimum atomic E-state index is -4.81. The summed E-state index contributed by atoms with van der Waals surface area (Å²) in [6.07, 6.45) is -4.81. The topological polar surface area (TPSA) is 46.6 Å². The fourth-order valence-corrected chi connectivity index (χ4v) is 3.24. The van der Waals surface area contributed by atoms with Crippen molar-refractivity contribution in [3.63, 3.8) is 0 Å². The molecule has 0 saturated heterocycles. The van der Waals surface area contributed by atoms with Gasteiger partial charge in [0.15, 0.2) is 5.25 Å². The molecule has 0 aliphatic heterocycles. The molecule has 0 N–H and O–H groups in total. The second-order valence-electron chi connectivity index (χ2n) is 4.66. The Bertz CT molecular complexity index is 587. The van der Waals surface area contributed by atoms with E-state index in [0.29, 0.717) is 18.2 Å². The zero-order chi connectivity index (χ0) is 16.4. The van der Waals surface area contributed by atoms with Gasteiger partial charge in [-0.2, -0.15) is 17.5 Å². The van der Waals surface area contributed by atoms with Crippen LogP contribution in [-0.2, 0) is 10.0 Å². The molecule has 0 aliphatic carbocycles. The summed E-state index contributed by atoms with van der Waals surface area (Å²) in [6.45, 7) is 2.15. The first-order valence-electron chi connectivity index (χ1n) is 6.20. The van der Waals surface area contributed by atoms with E-state index in [2.05, 4.69) is 0 Å². The lowest BCUT2D eigenvalue weighted by molar-refractivity contribution is -0.127. The Labute approximate surface area is 122 Å². The summed E-state index contributed by atoms with van der Waals surface area (Å²) in [5, 5.41) is -2.47. The fraction of sp³-hybridized carbons (Fsp3) is 0.538. The largest absolute Gasteiger partial charge is 0.496 e. The Hall–Kier alpha value is -1.28. The third-order valence-electron chi connectivity index (χ3n) is 3.44. The molecular formula is C13H18F3NO3S. The molecule has 0 spiro atoms. The summed E-state index contributed by atoms with van der Waals surface area (Å²) in [5.74, 6) is 0.423. The minimum absolute atomic E-state index is 0.423. The lowest BCUT2D eigenvalue weighted by Gasteiger charge is -2.29. The van der Waals surface area contributed by atoms with E-state index in [1.54, 1.807) is 24.3 Å². The summed E-state index contributed by atoms with van der Waals surface area (Å²) in [4.78, 5) is 0. The van der Waals surface area contributed by atoms with Crippen molar-refractivity contribution in [2.75, 3.05) is 14.2 Å². The zero-order valence-corrected chi connectivity index (χ0v) is 13.0. The van der Waals surface area contributed by atoms with E-state index in [1.165, 1.54) is 14.0 Å². The Morgan fingerprint density at radius 3 is 2.19 bits per heavy atom. The molecule has 1 rings (SSSR count). The third kappa shape index (κ3) is 3.68. The molecule has 0 heterocycles. The van der Waals surface area contributed by atoms with Gasteiger partial charge in [0.25, 0.3) is 0 Å². The van der Waals surface area contributed by atoms with Gasteiger partial charge in [-0.25, -0.2) is 8.42 Å². The number of benzene rings is 1. The highest BCUT2D eigenvalue weighted by Crippen LogP contribution is 2.34. The molecule has 0 unspecified atom stereocenters. The van der Waals surface area contributed by atoms with Crippen LogP contribution in [-0.4, -0.2) is 38.3 Å². The van der Waals surface area contributed by atoms with Crippen LogP contribution in [0.3, 0.4) is 0 Å². The predicted molar refractivity (Wildman–Crippen MR) is 73.6 cm³/mol. The Kier molecular flexibility index (Phi) is 5.27. The molecule has 21 heavy (non-hydrogen) atoms. The number of methoxy groups -OCH3 is 1. The molecule has 0 fully saturated rings. The van der Waals surface area contributed by atoms with Gasteiger partial charge in [0, 0.05) is 12.6 Å². The normalized spacial score (nSPS) is 15.8. The molecule has 0 bridgehead atoms. The van der Waals surface area contributed by atoms with Gasteiger partial charge in [-0.05, 0) is 19.9 Å². The van der Waals surface area contributed by atoms with Crippen LogP contribution in [0.15, 0.2) is 24.3 Å². The molecule has 0 aliphatic rings. The lowest BCUT2D eigenvalue weighted by Crippen LogP contribution is -2.43. The molecular weight excluding hydrogens is 307 g/mol. The smallest absolute Gasteiger partial charge is 0.406 e. The number of nitrogens with zero attached hydrogens (tertiary/aromatic N) is 1. The summed E-state index contributed by atoms with van der Waals surface area (Å²) in [7, 11) is -1.97. The van der Waals surface area contributed by atoms with E-state index >= 15 is 0 Å². The number of ether oxygens (including phenoxy) is 1. The van der Waals surface area contributed by atoms with Crippen molar-refractivity contribution in [2.24, 2.45) is 0 Å². The van der Waals surface area contributed by atoms with Gasteiger partial charge in [0.05, 0.1) is 13.2 Å². The number of hydrogen-bond acceptors (Lipinski definition) is 3. The number of para-hydroxylation sites is 1. The quantitative estimate of drug-likeness (QED) is 0.836. The molecule has 0 saturated carbocycles. The van der Waals surface area contributed by atoms with Crippen LogP contribution in [0.5, 0.6) is 5.75 Å². The van der Waals surface area contributed by atoms with Crippen molar-refractivity contribution >= 4 is 10.0 Å². The van der Waals surface area contributed by atoms with Crippen molar-refractivity contribution in [2.45, 2.75) is 31.3 Å². The van der Waals surface area contributed by atoms with Gasteiger partial charge in [0.1, 0.15) is 5.75 Å². The molecule has 1 aromatic carbocycles. The second-order valence-corrected chi connectivity index (χ2v) is 6.98. The lowest BCUT2D eigenvalue weighted by atomic mass is 10.1. The maximum Gasteiger partial charge on any atom is 0.406 e. The first-order chi connectivity index (χ1) is 9.53. The second kappa shape index (κ2) is 6.23. The number of sulfonamides is 1. The summed E-state index contributed by atoms with van der Waals surface area (Å²) >= 11 is 0. The van der Waals surface area contributed by atoms with Crippen LogP contribution in [0, 0.1) is 0 Å². The van der Waals surface area contributed by atoms with Gasteiger partial charge in [-0.15, -0.1) is 0 Å². The van der Waals surface area contributed by atoms with E-state index in [-0.39, 0.29) is 0 Å². The fourth-order valence-electron chi connectivity index (χ4n) is 1.85. The summed E-state index contributed by atoms with van der Waals surface area (Å²) in [5.41, 5.74) is 0.500.